The van der Waals surface area contributed by atoms with E-state index in [9.17, 15) is 4.79 Å². The Morgan fingerprint density at radius 1 is 1.26 bits per heavy atom. The third kappa shape index (κ3) is 8.67. The fraction of sp³-hybridized carbons (Fsp3) is 0.882. The van der Waals surface area contributed by atoms with Crippen LogP contribution in [0.25, 0.3) is 0 Å². The van der Waals surface area contributed by atoms with E-state index in [1.54, 1.807) is 0 Å². The van der Waals surface area contributed by atoms with Crippen LogP contribution in [0, 0.1) is 5.92 Å². The third-order valence-corrected chi connectivity index (χ3v) is 3.86. The zero-order valence-electron chi connectivity index (χ0n) is 15.2. The maximum atomic E-state index is 11.7. The number of aliphatic imine (C=N–C) groups is 1. The van der Waals surface area contributed by atoms with Crippen LogP contribution in [-0.4, -0.2) is 43.8 Å². The molecule has 0 aromatic carbocycles. The molecule has 0 saturated heterocycles. The summed E-state index contributed by atoms with van der Waals surface area (Å²) in [6, 6.07) is 0.516. The smallest absolute Gasteiger partial charge is 0.407 e. The summed E-state index contributed by atoms with van der Waals surface area (Å²) in [4.78, 5) is 16.3. The second kappa shape index (κ2) is 11.1. The van der Waals surface area contributed by atoms with Gasteiger partial charge in [0.1, 0.15) is 0 Å². The molecule has 1 rings (SSSR count). The molecule has 0 heterocycles. The normalized spacial score (nSPS) is 17.2. The van der Waals surface area contributed by atoms with Crippen LogP contribution in [0.4, 0.5) is 4.79 Å². The van der Waals surface area contributed by atoms with E-state index in [1.807, 2.05) is 6.92 Å². The molecule has 1 aliphatic carbocycles. The van der Waals surface area contributed by atoms with Crippen LogP contribution in [0.15, 0.2) is 4.99 Å². The highest BCUT2D eigenvalue weighted by Crippen LogP contribution is 2.17. The summed E-state index contributed by atoms with van der Waals surface area (Å²) in [7, 11) is 0. The van der Waals surface area contributed by atoms with Crippen molar-refractivity contribution in [2.24, 2.45) is 10.9 Å². The number of amides is 1. The van der Waals surface area contributed by atoms with E-state index in [0.29, 0.717) is 25.1 Å². The summed E-state index contributed by atoms with van der Waals surface area (Å²) >= 11 is 0. The van der Waals surface area contributed by atoms with Gasteiger partial charge in [0.15, 0.2) is 5.96 Å². The highest BCUT2D eigenvalue weighted by Gasteiger charge is 2.17. The SMILES string of the molecule is CCNC(=NCC(CC(C)C)NC(=O)OCC)NC1CCCC1. The predicted octanol–water partition coefficient (Wildman–Crippen LogP) is 2.64. The number of hydrogen-bond donors (Lipinski definition) is 3. The first-order valence-electron chi connectivity index (χ1n) is 9.03. The van der Waals surface area contributed by atoms with Crippen LogP contribution in [0.2, 0.25) is 0 Å². The molecule has 1 aliphatic rings. The third-order valence-electron chi connectivity index (χ3n) is 3.86. The zero-order valence-corrected chi connectivity index (χ0v) is 15.2. The average molecular weight is 326 g/mol. The van der Waals surface area contributed by atoms with Crippen molar-refractivity contribution in [1.29, 1.82) is 0 Å². The number of carbonyl (C=O) groups is 1. The van der Waals surface area contributed by atoms with Gasteiger partial charge in [0.2, 0.25) is 0 Å². The summed E-state index contributed by atoms with van der Waals surface area (Å²) in [6.07, 6.45) is 5.52. The topological polar surface area (TPSA) is 74.8 Å². The molecule has 6 heteroatoms. The lowest BCUT2D eigenvalue weighted by atomic mass is 10.0. The molecule has 0 aliphatic heterocycles. The van der Waals surface area contributed by atoms with Crippen LogP contribution in [0.3, 0.4) is 0 Å². The van der Waals surface area contributed by atoms with Crippen molar-refractivity contribution >= 4 is 12.1 Å². The lowest BCUT2D eigenvalue weighted by Gasteiger charge is -2.21. The summed E-state index contributed by atoms with van der Waals surface area (Å²) in [5.74, 6) is 1.33. The van der Waals surface area contributed by atoms with Gasteiger partial charge in [-0.15, -0.1) is 0 Å². The molecule has 6 nitrogen and oxygen atoms in total. The van der Waals surface area contributed by atoms with Crippen molar-refractivity contribution in [3.63, 3.8) is 0 Å². The summed E-state index contributed by atoms with van der Waals surface area (Å²) in [6.45, 7) is 9.93. The number of rotatable bonds is 8. The summed E-state index contributed by atoms with van der Waals surface area (Å²) in [5.41, 5.74) is 0. The van der Waals surface area contributed by atoms with Gasteiger partial charge in [-0.2, -0.15) is 0 Å². The Bertz CT molecular complexity index is 366. The quantitative estimate of drug-likeness (QED) is 0.473. The van der Waals surface area contributed by atoms with Crippen molar-refractivity contribution in [2.45, 2.75) is 71.9 Å². The van der Waals surface area contributed by atoms with Crippen molar-refractivity contribution in [3.8, 4) is 0 Å². The van der Waals surface area contributed by atoms with E-state index in [2.05, 4.69) is 41.7 Å². The van der Waals surface area contributed by atoms with E-state index in [1.165, 1.54) is 25.7 Å². The van der Waals surface area contributed by atoms with Gasteiger partial charge in [-0.25, -0.2) is 4.79 Å². The minimum absolute atomic E-state index is 0.00640. The number of nitrogens with one attached hydrogen (secondary N) is 3. The van der Waals surface area contributed by atoms with Gasteiger partial charge in [-0.1, -0.05) is 26.7 Å². The largest absolute Gasteiger partial charge is 0.450 e. The Morgan fingerprint density at radius 3 is 2.52 bits per heavy atom. The second-order valence-electron chi connectivity index (χ2n) is 6.54. The monoisotopic (exact) mass is 326 g/mol. The highest BCUT2D eigenvalue weighted by atomic mass is 16.5. The van der Waals surface area contributed by atoms with Gasteiger partial charge in [-0.05, 0) is 39.0 Å². The first kappa shape index (κ1) is 19.6. The van der Waals surface area contributed by atoms with Crippen LogP contribution >= 0.6 is 0 Å². The molecule has 1 amide bonds. The molecular formula is C17H34N4O2. The Labute approximate surface area is 140 Å². The lowest BCUT2D eigenvalue weighted by molar-refractivity contribution is 0.147. The number of guanidine groups is 1. The molecule has 3 N–H and O–H groups in total. The van der Waals surface area contributed by atoms with Crippen LogP contribution < -0.4 is 16.0 Å². The molecule has 1 fully saturated rings. The second-order valence-corrected chi connectivity index (χ2v) is 6.54. The summed E-state index contributed by atoms with van der Waals surface area (Å²) < 4.78 is 4.99. The van der Waals surface area contributed by atoms with E-state index in [4.69, 9.17) is 4.74 Å². The first-order chi connectivity index (χ1) is 11.0. The fourth-order valence-corrected chi connectivity index (χ4v) is 2.87. The van der Waals surface area contributed by atoms with Gasteiger partial charge in [0.05, 0.1) is 19.2 Å². The zero-order chi connectivity index (χ0) is 17.1. The Hall–Kier alpha value is -1.46. The van der Waals surface area contributed by atoms with Gasteiger partial charge in [-0.3, -0.25) is 4.99 Å². The molecule has 1 unspecified atom stereocenters. The van der Waals surface area contributed by atoms with Crippen molar-refractivity contribution in [1.82, 2.24) is 16.0 Å². The number of carbonyl (C=O) groups excluding carboxylic acids is 1. The maximum absolute atomic E-state index is 11.7. The standard InChI is InChI=1S/C17H34N4O2/c1-5-18-16(20-14-9-7-8-10-14)19-12-15(11-13(3)4)21-17(22)23-6-2/h13-15H,5-12H2,1-4H3,(H,21,22)(H2,18,19,20). The van der Waals surface area contributed by atoms with Crippen LogP contribution in [0.1, 0.15) is 59.8 Å². The maximum Gasteiger partial charge on any atom is 0.407 e. The van der Waals surface area contributed by atoms with Gasteiger partial charge >= 0.3 is 6.09 Å². The molecule has 134 valence electrons. The molecule has 23 heavy (non-hydrogen) atoms. The van der Waals surface area contributed by atoms with Crippen molar-refractivity contribution in [2.75, 3.05) is 19.7 Å². The number of nitrogens with zero attached hydrogens (tertiary/aromatic N) is 1. The average Bonchev–Trinajstić information content (AvgIpc) is 2.97. The molecular weight excluding hydrogens is 292 g/mol. The number of alkyl carbamates (subject to hydrolysis) is 1. The molecule has 0 bridgehead atoms. The molecule has 0 aromatic heterocycles. The Morgan fingerprint density at radius 2 is 1.96 bits per heavy atom. The number of ether oxygens (including phenoxy) is 1. The van der Waals surface area contributed by atoms with Gasteiger partial charge in [0, 0.05) is 12.6 Å². The van der Waals surface area contributed by atoms with Crippen LogP contribution in [-0.2, 0) is 4.74 Å². The highest BCUT2D eigenvalue weighted by molar-refractivity contribution is 5.80. The van der Waals surface area contributed by atoms with E-state index in [-0.39, 0.29) is 12.1 Å². The van der Waals surface area contributed by atoms with Crippen molar-refractivity contribution in [3.05, 3.63) is 0 Å². The molecule has 1 saturated carbocycles. The minimum atomic E-state index is -0.359. The predicted molar refractivity (Wildman–Crippen MR) is 94.8 cm³/mol. The van der Waals surface area contributed by atoms with E-state index >= 15 is 0 Å². The van der Waals surface area contributed by atoms with Crippen molar-refractivity contribution < 1.29 is 9.53 Å². The minimum Gasteiger partial charge on any atom is -0.450 e. The Kier molecular flexibility index (Phi) is 9.48. The molecule has 0 spiro atoms. The summed E-state index contributed by atoms with van der Waals surface area (Å²) in [5, 5.41) is 9.71. The molecule has 0 radical (unpaired) electrons. The molecule has 0 aromatic rings. The number of hydrogen-bond acceptors (Lipinski definition) is 3. The van der Waals surface area contributed by atoms with E-state index in [0.717, 1.165) is 18.9 Å². The lowest BCUT2D eigenvalue weighted by Crippen LogP contribution is -2.44. The van der Waals surface area contributed by atoms with E-state index < -0.39 is 0 Å². The van der Waals surface area contributed by atoms with Gasteiger partial charge in [0.25, 0.3) is 0 Å². The molecule has 1 atom stereocenters. The fourth-order valence-electron chi connectivity index (χ4n) is 2.87. The van der Waals surface area contributed by atoms with Gasteiger partial charge < -0.3 is 20.7 Å². The first-order valence-corrected chi connectivity index (χ1v) is 9.03. The van der Waals surface area contributed by atoms with Crippen LogP contribution in [0.5, 0.6) is 0 Å². The Balaban J connectivity index is 2.58.